The average Bonchev–Trinajstić information content (AvgIpc) is 3.16. The van der Waals surface area contributed by atoms with Gasteiger partial charge >= 0.3 is 0 Å². The summed E-state index contributed by atoms with van der Waals surface area (Å²) >= 11 is 0. The van der Waals surface area contributed by atoms with E-state index in [9.17, 15) is 20.4 Å². The lowest BCUT2D eigenvalue weighted by atomic mass is 9.91. The third-order valence-electron chi connectivity index (χ3n) is 5.36. The molecule has 7 nitrogen and oxygen atoms in total. The Morgan fingerprint density at radius 3 is 2.41 bits per heavy atom. The molecular formula is C22H25NO6. The fourth-order valence-electron chi connectivity index (χ4n) is 3.79. The molecule has 0 bridgehead atoms. The van der Waals surface area contributed by atoms with Crippen LogP contribution >= 0.6 is 0 Å². The second kappa shape index (κ2) is 8.14. The Bertz CT molecular complexity index is 967. The van der Waals surface area contributed by atoms with Crippen molar-refractivity contribution in [3.63, 3.8) is 0 Å². The molecule has 2 heterocycles. The molecule has 5 atom stereocenters. The Hall–Kier alpha value is -2.42. The van der Waals surface area contributed by atoms with Gasteiger partial charge in [-0.2, -0.15) is 0 Å². The van der Waals surface area contributed by atoms with Gasteiger partial charge in [-0.25, -0.2) is 0 Å². The predicted octanol–water partition coefficient (Wildman–Crippen LogP) is 1.54. The van der Waals surface area contributed by atoms with Gasteiger partial charge in [-0.15, -0.1) is 0 Å². The second-order valence-electron chi connectivity index (χ2n) is 7.18. The highest BCUT2D eigenvalue weighted by molar-refractivity contribution is 5.82. The van der Waals surface area contributed by atoms with Crippen LogP contribution in [0.15, 0.2) is 54.7 Å². The largest absolute Gasteiger partial charge is 0.494 e. The average molecular weight is 399 g/mol. The van der Waals surface area contributed by atoms with E-state index >= 15 is 0 Å². The summed E-state index contributed by atoms with van der Waals surface area (Å²) < 4.78 is 13.2. The van der Waals surface area contributed by atoms with Crippen LogP contribution in [0.3, 0.4) is 0 Å². The van der Waals surface area contributed by atoms with Gasteiger partial charge in [0, 0.05) is 11.9 Å². The molecule has 29 heavy (non-hydrogen) atoms. The van der Waals surface area contributed by atoms with Gasteiger partial charge in [0.1, 0.15) is 36.3 Å². The molecule has 7 heteroatoms. The van der Waals surface area contributed by atoms with Crippen LogP contribution < -0.4 is 4.74 Å². The summed E-state index contributed by atoms with van der Waals surface area (Å²) in [6.45, 7) is 2.09. The maximum atomic E-state index is 10.4. The smallest absolute Gasteiger partial charge is 0.119 e. The number of aromatic nitrogens is 1. The summed E-state index contributed by atoms with van der Waals surface area (Å²) in [5.41, 5.74) is 2.51. The number of ether oxygens (including phenoxy) is 2. The number of hydrogen-bond acceptors (Lipinski definition) is 6. The molecule has 154 valence electrons. The molecule has 2 aromatic carbocycles. The summed E-state index contributed by atoms with van der Waals surface area (Å²) in [6.07, 6.45) is -3.93. The van der Waals surface area contributed by atoms with Crippen molar-refractivity contribution in [2.45, 2.75) is 37.4 Å². The van der Waals surface area contributed by atoms with Crippen molar-refractivity contribution < 1.29 is 29.9 Å². The summed E-state index contributed by atoms with van der Waals surface area (Å²) in [4.78, 5) is 0. The van der Waals surface area contributed by atoms with Gasteiger partial charge < -0.3 is 34.5 Å². The van der Waals surface area contributed by atoms with Crippen LogP contribution in [0.1, 0.15) is 18.6 Å². The minimum atomic E-state index is -1.40. The van der Waals surface area contributed by atoms with E-state index in [0.29, 0.717) is 12.2 Å². The van der Waals surface area contributed by atoms with Gasteiger partial charge in [0.2, 0.25) is 0 Å². The summed E-state index contributed by atoms with van der Waals surface area (Å²) in [7, 11) is 0. The van der Waals surface area contributed by atoms with Crippen LogP contribution in [-0.4, -0.2) is 62.6 Å². The van der Waals surface area contributed by atoms with Gasteiger partial charge in [-0.05, 0) is 54.3 Å². The van der Waals surface area contributed by atoms with E-state index < -0.39 is 37.1 Å². The van der Waals surface area contributed by atoms with E-state index in [1.54, 1.807) is 0 Å². The molecule has 0 aliphatic carbocycles. The molecule has 4 rings (SSSR count). The Morgan fingerprint density at radius 1 is 0.966 bits per heavy atom. The molecule has 0 amide bonds. The zero-order chi connectivity index (χ0) is 20.5. The molecule has 1 aromatic heterocycles. The molecule has 1 fully saturated rings. The number of fused-ring (bicyclic) bond motifs is 1. The first-order valence-electron chi connectivity index (χ1n) is 9.68. The van der Waals surface area contributed by atoms with E-state index in [-0.39, 0.29) is 0 Å². The summed E-state index contributed by atoms with van der Waals surface area (Å²) in [6, 6.07) is 15.4. The van der Waals surface area contributed by atoms with Crippen molar-refractivity contribution in [3.8, 4) is 11.4 Å². The van der Waals surface area contributed by atoms with Crippen LogP contribution in [0.25, 0.3) is 16.6 Å². The molecule has 1 aliphatic rings. The highest BCUT2D eigenvalue weighted by atomic mass is 16.5. The zero-order valence-electron chi connectivity index (χ0n) is 16.0. The van der Waals surface area contributed by atoms with Gasteiger partial charge in [-0.1, -0.05) is 12.1 Å². The lowest BCUT2D eigenvalue weighted by molar-refractivity contribution is -0.231. The summed E-state index contributed by atoms with van der Waals surface area (Å²) in [5.74, 6) is 0.801. The van der Waals surface area contributed by atoms with Gasteiger partial charge in [0.25, 0.3) is 0 Å². The Balaban J connectivity index is 1.70. The number of rotatable bonds is 5. The number of aliphatic hydroxyl groups is 4. The quantitative estimate of drug-likeness (QED) is 0.519. The molecule has 3 aromatic rings. The SMILES string of the molecule is CCOc1ccc(-n2ccc3ccc([C@@H]4O[C@H](CO)[C@@H](O)[C@H](O)[C@H]4O)cc32)cc1. The number of nitrogens with zero attached hydrogens (tertiary/aromatic N) is 1. The van der Waals surface area contributed by atoms with Crippen molar-refractivity contribution in [2.24, 2.45) is 0 Å². The van der Waals surface area contributed by atoms with Crippen LogP contribution in [0.5, 0.6) is 5.75 Å². The van der Waals surface area contributed by atoms with Crippen LogP contribution in [0, 0.1) is 0 Å². The van der Waals surface area contributed by atoms with Gasteiger partial charge in [0.15, 0.2) is 0 Å². The number of aliphatic hydroxyl groups excluding tert-OH is 4. The highest BCUT2D eigenvalue weighted by Gasteiger charge is 2.43. The third kappa shape index (κ3) is 3.63. The highest BCUT2D eigenvalue weighted by Crippen LogP contribution is 2.34. The number of benzene rings is 2. The van der Waals surface area contributed by atoms with Crippen LogP contribution in [0.4, 0.5) is 0 Å². The fourth-order valence-corrected chi connectivity index (χ4v) is 3.79. The zero-order valence-corrected chi connectivity index (χ0v) is 16.0. The van der Waals surface area contributed by atoms with Crippen molar-refractivity contribution in [1.29, 1.82) is 0 Å². The molecule has 1 aliphatic heterocycles. The molecule has 4 N–H and O–H groups in total. The molecular weight excluding hydrogens is 374 g/mol. The maximum absolute atomic E-state index is 10.4. The topological polar surface area (TPSA) is 104 Å². The van der Waals surface area contributed by atoms with E-state index in [1.807, 2.05) is 66.2 Å². The Morgan fingerprint density at radius 2 is 1.72 bits per heavy atom. The lowest BCUT2D eigenvalue weighted by Crippen LogP contribution is -2.55. The molecule has 0 spiro atoms. The lowest BCUT2D eigenvalue weighted by Gasteiger charge is -2.40. The summed E-state index contributed by atoms with van der Waals surface area (Å²) in [5, 5.41) is 41.0. The fraction of sp³-hybridized carbons (Fsp3) is 0.364. The van der Waals surface area contributed by atoms with Crippen LogP contribution in [0.2, 0.25) is 0 Å². The monoisotopic (exact) mass is 399 g/mol. The maximum Gasteiger partial charge on any atom is 0.119 e. The standard InChI is InChI=1S/C22H25NO6/c1-2-28-16-7-5-15(6-8-16)23-10-9-13-3-4-14(11-17(13)23)22-21(27)20(26)19(25)18(12-24)29-22/h3-11,18-22,24-27H,2,12H2,1H3/t18-,19-,20+,21-,22+/m1/s1. The second-order valence-corrected chi connectivity index (χ2v) is 7.18. The van der Waals surface area contributed by atoms with Crippen molar-refractivity contribution in [3.05, 3.63) is 60.3 Å². The minimum Gasteiger partial charge on any atom is -0.494 e. The molecule has 1 saturated heterocycles. The first-order chi connectivity index (χ1) is 14.0. The third-order valence-corrected chi connectivity index (χ3v) is 5.36. The van der Waals surface area contributed by atoms with Gasteiger partial charge in [-0.3, -0.25) is 0 Å². The first kappa shape index (κ1) is 19.9. The molecule has 0 saturated carbocycles. The Labute approximate surface area is 168 Å². The van der Waals surface area contributed by atoms with Crippen molar-refractivity contribution in [1.82, 2.24) is 4.57 Å². The van der Waals surface area contributed by atoms with E-state index in [4.69, 9.17) is 9.47 Å². The number of hydrogen-bond donors (Lipinski definition) is 4. The normalized spacial score (nSPS) is 27.3. The first-order valence-corrected chi connectivity index (χ1v) is 9.68. The molecule has 0 unspecified atom stereocenters. The Kier molecular flexibility index (Phi) is 5.58. The van der Waals surface area contributed by atoms with E-state index in [1.165, 1.54) is 0 Å². The van der Waals surface area contributed by atoms with E-state index in [0.717, 1.165) is 22.3 Å². The van der Waals surface area contributed by atoms with Crippen molar-refractivity contribution >= 4 is 10.9 Å². The van der Waals surface area contributed by atoms with E-state index in [2.05, 4.69) is 0 Å². The minimum absolute atomic E-state index is 0.452. The molecule has 0 radical (unpaired) electrons. The van der Waals surface area contributed by atoms with Gasteiger partial charge in [0.05, 0.1) is 18.7 Å². The predicted molar refractivity (Wildman–Crippen MR) is 107 cm³/mol. The van der Waals surface area contributed by atoms with Crippen LogP contribution in [-0.2, 0) is 4.74 Å². The van der Waals surface area contributed by atoms with Crippen molar-refractivity contribution in [2.75, 3.05) is 13.2 Å².